The molecule has 0 amide bonds. The van der Waals surface area contributed by atoms with Gasteiger partial charge in [0.2, 0.25) is 0 Å². The summed E-state index contributed by atoms with van der Waals surface area (Å²) in [5.41, 5.74) is 0. The van der Waals surface area contributed by atoms with Gasteiger partial charge in [-0.05, 0) is 0 Å². The second-order valence-corrected chi connectivity index (χ2v) is 0. The predicted octanol–water partition coefficient (Wildman–Crippen LogP) is 0.579. The molecule has 0 aromatic carbocycles. The molecule has 0 saturated carbocycles. The van der Waals surface area contributed by atoms with E-state index >= 15 is 0 Å². The fourth-order valence-electron chi connectivity index (χ4n) is 0. The first-order valence-corrected chi connectivity index (χ1v) is 0. The number of hydrogen-bond acceptors (Lipinski definition) is 1. The Hall–Kier alpha value is 1.39. The molecule has 1 radical (unpaired) electrons. The summed E-state index contributed by atoms with van der Waals surface area (Å²) < 4.78 is 0. The van der Waals surface area contributed by atoms with Gasteiger partial charge < -0.3 is 6.15 Å². The molecule has 0 spiro atoms. The van der Waals surface area contributed by atoms with Crippen molar-refractivity contribution in [3.8, 4) is 0 Å². The van der Waals surface area contributed by atoms with Crippen molar-refractivity contribution in [1.29, 1.82) is 0 Å². The summed E-state index contributed by atoms with van der Waals surface area (Å²) in [7, 11) is 0. The van der Waals surface area contributed by atoms with Gasteiger partial charge in [0.15, 0.2) is 0 Å². The Labute approximate surface area is 55.1 Å². The molecule has 0 atom stereocenters. The average Bonchev–Trinajstić information content (AvgIpc) is 0. The van der Waals surface area contributed by atoms with Crippen LogP contribution >= 0.6 is 12.4 Å². The molecular weight excluding hydrogens is 170 g/mol. The van der Waals surface area contributed by atoms with Gasteiger partial charge in [0.25, 0.3) is 0 Å². The summed E-state index contributed by atoms with van der Waals surface area (Å²) in [5, 5.41) is 0. The molecule has 0 aliphatic carbocycles. The Kier molecular flexibility index (Phi) is 350. The van der Waals surface area contributed by atoms with Crippen LogP contribution in [0.25, 0.3) is 0 Å². The van der Waals surface area contributed by atoms with Crippen molar-refractivity contribution < 1.29 is 36.5 Å². The van der Waals surface area contributed by atoms with Crippen molar-refractivity contribution in [3.63, 3.8) is 0 Å². The first-order valence-electron chi connectivity index (χ1n) is 0. The fraction of sp³-hybridized carbons (Fsp3) is 0. The zero-order valence-corrected chi connectivity index (χ0v) is 7.16. The molecule has 0 aromatic rings. The minimum atomic E-state index is 0. The van der Waals surface area contributed by atoms with Crippen LogP contribution < -0.4 is 6.15 Å². The van der Waals surface area contributed by atoms with E-state index in [2.05, 4.69) is 0 Å². The maximum absolute atomic E-state index is 0. The van der Waals surface area contributed by atoms with E-state index in [1.165, 1.54) is 0 Å². The summed E-state index contributed by atoms with van der Waals surface area (Å²) in [5.74, 6) is 0. The second-order valence-electron chi connectivity index (χ2n) is 0. The van der Waals surface area contributed by atoms with Crippen molar-refractivity contribution in [1.82, 2.24) is 6.15 Å². The molecular formula is H4ClMnNZn. The quantitative estimate of drug-likeness (QED) is 0.535. The number of rotatable bonds is 0. The first kappa shape index (κ1) is 53.6. The zero-order chi connectivity index (χ0) is 0. The van der Waals surface area contributed by atoms with Crippen molar-refractivity contribution in [2.75, 3.05) is 0 Å². The van der Waals surface area contributed by atoms with Gasteiger partial charge in [-0.25, -0.2) is 0 Å². The third kappa shape index (κ3) is 10.0. The van der Waals surface area contributed by atoms with Gasteiger partial charge in [-0.1, -0.05) is 0 Å². The molecule has 0 aliphatic rings. The molecule has 0 unspecified atom stereocenters. The summed E-state index contributed by atoms with van der Waals surface area (Å²) in [6.07, 6.45) is 0. The summed E-state index contributed by atoms with van der Waals surface area (Å²) >= 11 is 0. The molecule has 0 heterocycles. The van der Waals surface area contributed by atoms with Crippen LogP contribution in [-0.2, 0) is 36.5 Å². The Balaban J connectivity index is 0. The molecule has 0 fully saturated rings. The fourth-order valence-corrected chi connectivity index (χ4v) is 0. The van der Waals surface area contributed by atoms with E-state index in [0.29, 0.717) is 0 Å². The summed E-state index contributed by atoms with van der Waals surface area (Å²) in [6, 6.07) is 0. The monoisotopic (exact) mass is 172 g/mol. The maximum atomic E-state index is 0. The van der Waals surface area contributed by atoms with Crippen LogP contribution in [0.15, 0.2) is 0 Å². The van der Waals surface area contributed by atoms with E-state index in [1.807, 2.05) is 0 Å². The average molecular weight is 174 g/mol. The minimum Gasteiger partial charge on any atom is -0.344 e. The molecule has 0 aromatic heterocycles. The zero-order valence-electron chi connectivity index (χ0n) is 2.20. The van der Waals surface area contributed by atoms with Gasteiger partial charge in [0.05, 0.1) is 0 Å². The second kappa shape index (κ2) is 26.1. The van der Waals surface area contributed by atoms with Crippen LogP contribution in [0.4, 0.5) is 0 Å². The van der Waals surface area contributed by atoms with E-state index in [9.17, 15) is 0 Å². The number of halogens is 1. The van der Waals surface area contributed by atoms with Crippen molar-refractivity contribution >= 4 is 12.4 Å². The van der Waals surface area contributed by atoms with Gasteiger partial charge in [-0.15, -0.1) is 12.4 Å². The van der Waals surface area contributed by atoms with E-state index in [-0.39, 0.29) is 55.1 Å². The largest absolute Gasteiger partial charge is 0.344 e. The van der Waals surface area contributed by atoms with Crippen molar-refractivity contribution in [3.05, 3.63) is 0 Å². The van der Waals surface area contributed by atoms with Gasteiger partial charge in [-0.3, -0.25) is 0 Å². The Morgan fingerprint density at radius 1 is 1.00 bits per heavy atom. The number of hydrogen-bond donors (Lipinski definition) is 1. The van der Waals surface area contributed by atoms with Gasteiger partial charge in [0.1, 0.15) is 0 Å². The third-order valence-electron chi connectivity index (χ3n) is 0. The maximum Gasteiger partial charge on any atom is 0 e. The topological polar surface area (TPSA) is 35.0 Å². The van der Waals surface area contributed by atoms with Gasteiger partial charge >= 0.3 is 0 Å². The molecule has 0 saturated heterocycles. The van der Waals surface area contributed by atoms with E-state index in [4.69, 9.17) is 0 Å². The summed E-state index contributed by atoms with van der Waals surface area (Å²) in [6.45, 7) is 0. The summed E-state index contributed by atoms with van der Waals surface area (Å²) in [4.78, 5) is 0. The van der Waals surface area contributed by atoms with Crippen LogP contribution in [0.1, 0.15) is 0 Å². The van der Waals surface area contributed by atoms with E-state index in [0.717, 1.165) is 0 Å². The Morgan fingerprint density at radius 3 is 1.00 bits per heavy atom. The van der Waals surface area contributed by atoms with Crippen LogP contribution in [0.3, 0.4) is 0 Å². The molecule has 25 valence electrons. The molecule has 4 heteroatoms. The Morgan fingerprint density at radius 2 is 1.00 bits per heavy atom. The van der Waals surface area contributed by atoms with Crippen LogP contribution in [0, 0.1) is 0 Å². The molecule has 0 aliphatic heterocycles. The first-order chi connectivity index (χ1) is 0. The molecule has 1 nitrogen and oxygen atoms in total. The van der Waals surface area contributed by atoms with Crippen molar-refractivity contribution in [2.45, 2.75) is 0 Å². The van der Waals surface area contributed by atoms with E-state index < -0.39 is 0 Å². The van der Waals surface area contributed by atoms with Crippen LogP contribution in [-0.4, -0.2) is 0 Å². The van der Waals surface area contributed by atoms with Crippen molar-refractivity contribution in [2.24, 2.45) is 0 Å². The van der Waals surface area contributed by atoms with Gasteiger partial charge in [-0.2, -0.15) is 0 Å². The normalized spacial score (nSPS) is 0. The molecule has 0 bridgehead atoms. The molecule has 4 heavy (non-hydrogen) atoms. The minimum absolute atomic E-state index is 0. The van der Waals surface area contributed by atoms with Crippen LogP contribution in [0.5, 0.6) is 0 Å². The molecule has 0 rings (SSSR count). The standard InChI is InChI=1S/ClH.Mn.H3N.Zn/h1H;;1H3;. The van der Waals surface area contributed by atoms with Crippen LogP contribution in [0.2, 0.25) is 0 Å². The molecule has 3 N–H and O–H groups in total. The SMILES string of the molecule is Cl.N.[Mn].[Zn]. The van der Waals surface area contributed by atoms with E-state index in [1.54, 1.807) is 0 Å². The Bertz CT molecular complexity index is 8.00. The third-order valence-corrected chi connectivity index (χ3v) is 0. The smallest absolute Gasteiger partial charge is 0 e. The predicted molar refractivity (Wildman–Crippen MR) is 12.3 cm³/mol. The van der Waals surface area contributed by atoms with Gasteiger partial charge in [0, 0.05) is 36.5 Å².